The minimum absolute atomic E-state index is 0.0563. The third kappa shape index (κ3) is 3.97. The number of hydrogen-bond donors (Lipinski definition) is 0. The maximum atomic E-state index is 13.0. The van der Waals surface area contributed by atoms with Crippen LogP contribution in [0.2, 0.25) is 0 Å². The van der Waals surface area contributed by atoms with Crippen molar-refractivity contribution in [1.82, 2.24) is 29.7 Å². The van der Waals surface area contributed by atoms with E-state index in [1.54, 1.807) is 10.7 Å². The van der Waals surface area contributed by atoms with Crippen molar-refractivity contribution in [2.75, 3.05) is 18.8 Å². The predicted molar refractivity (Wildman–Crippen MR) is 122 cm³/mol. The van der Waals surface area contributed by atoms with Crippen LogP contribution in [0.5, 0.6) is 0 Å². The summed E-state index contributed by atoms with van der Waals surface area (Å²) < 4.78 is 3.56. The van der Waals surface area contributed by atoms with Crippen molar-refractivity contribution >= 4 is 17.7 Å². The van der Waals surface area contributed by atoms with Crippen LogP contribution in [0.1, 0.15) is 43.4 Å². The fraction of sp³-hybridized carbons (Fsp3) is 0.435. The molecule has 0 N–H and O–H groups in total. The van der Waals surface area contributed by atoms with Gasteiger partial charge in [0.25, 0.3) is 5.56 Å². The third-order valence-electron chi connectivity index (χ3n) is 6.40. The predicted octanol–water partition coefficient (Wildman–Crippen LogP) is 2.69. The lowest BCUT2D eigenvalue weighted by Crippen LogP contribution is -2.49. The molecule has 0 aliphatic carbocycles. The molecule has 2 atom stereocenters. The lowest BCUT2D eigenvalue weighted by atomic mass is 9.83. The van der Waals surface area contributed by atoms with Crippen LogP contribution < -0.4 is 5.56 Å². The second-order valence-corrected chi connectivity index (χ2v) is 9.85. The first kappa shape index (κ1) is 20.9. The van der Waals surface area contributed by atoms with E-state index < -0.39 is 0 Å². The molecule has 0 saturated carbocycles. The molecular weight excluding hydrogens is 424 g/mol. The molecule has 1 fully saturated rings. The summed E-state index contributed by atoms with van der Waals surface area (Å²) in [5.74, 6) is 1.36. The average Bonchev–Trinajstić information content (AvgIpc) is 3.27. The Morgan fingerprint density at radius 3 is 2.72 bits per heavy atom. The molecule has 2 unspecified atom stereocenters. The van der Waals surface area contributed by atoms with Crippen LogP contribution in [0.25, 0.3) is 5.69 Å². The highest BCUT2D eigenvalue weighted by Gasteiger charge is 2.36. The van der Waals surface area contributed by atoms with Crippen molar-refractivity contribution in [2.24, 2.45) is 5.92 Å². The van der Waals surface area contributed by atoms with Gasteiger partial charge in [0.1, 0.15) is 0 Å². The number of carbonyl (C=O) groups excluding carboxylic acids is 1. The van der Waals surface area contributed by atoms with Crippen LogP contribution in [-0.4, -0.2) is 54.4 Å². The molecule has 5 rings (SSSR count). The minimum Gasteiger partial charge on any atom is -0.341 e. The molecule has 4 heterocycles. The van der Waals surface area contributed by atoms with Gasteiger partial charge in [-0.05, 0) is 52.4 Å². The Balaban J connectivity index is 1.26. The number of fused-ring (bicyclic) bond motifs is 4. The van der Waals surface area contributed by atoms with Gasteiger partial charge in [-0.1, -0.05) is 43.8 Å². The monoisotopic (exact) mass is 450 g/mol. The Labute approximate surface area is 190 Å². The first-order valence-electron chi connectivity index (χ1n) is 11.0. The summed E-state index contributed by atoms with van der Waals surface area (Å²) in [6.45, 7) is 6.35. The van der Waals surface area contributed by atoms with Crippen molar-refractivity contribution in [3.63, 3.8) is 0 Å². The Bertz CT molecular complexity index is 1190. The van der Waals surface area contributed by atoms with Crippen molar-refractivity contribution in [1.29, 1.82) is 0 Å². The zero-order chi connectivity index (χ0) is 22.2. The van der Waals surface area contributed by atoms with Gasteiger partial charge in [-0.15, -0.1) is 5.10 Å². The number of pyridine rings is 1. The molecule has 1 aromatic carbocycles. The van der Waals surface area contributed by atoms with Gasteiger partial charge in [-0.2, -0.15) is 4.68 Å². The number of benzene rings is 1. The normalized spacial score (nSPS) is 19.8. The SMILES string of the molecule is CC(C)c1ccc(-n2nnnc2SCC(=O)N2CC3CC(C2)c2cccc(=O)n2C3)cc1. The zero-order valence-electron chi connectivity index (χ0n) is 18.2. The Morgan fingerprint density at radius 1 is 1.12 bits per heavy atom. The van der Waals surface area contributed by atoms with E-state index in [2.05, 4.69) is 41.5 Å². The molecule has 1 saturated heterocycles. The van der Waals surface area contributed by atoms with Crippen molar-refractivity contribution < 1.29 is 4.79 Å². The second kappa shape index (κ2) is 8.54. The van der Waals surface area contributed by atoms with Gasteiger partial charge >= 0.3 is 0 Å². The van der Waals surface area contributed by atoms with Gasteiger partial charge in [0, 0.05) is 37.3 Å². The number of hydrogen-bond acceptors (Lipinski definition) is 6. The molecule has 3 aromatic rings. The van der Waals surface area contributed by atoms with E-state index in [1.807, 2.05) is 33.7 Å². The highest BCUT2D eigenvalue weighted by molar-refractivity contribution is 7.99. The van der Waals surface area contributed by atoms with Gasteiger partial charge in [-0.3, -0.25) is 9.59 Å². The summed E-state index contributed by atoms with van der Waals surface area (Å²) in [7, 11) is 0. The van der Waals surface area contributed by atoms with Gasteiger partial charge in [0.15, 0.2) is 0 Å². The fourth-order valence-corrected chi connectivity index (χ4v) is 5.54. The van der Waals surface area contributed by atoms with Gasteiger partial charge < -0.3 is 9.47 Å². The van der Waals surface area contributed by atoms with E-state index in [0.717, 1.165) is 17.8 Å². The summed E-state index contributed by atoms with van der Waals surface area (Å²) in [5, 5.41) is 12.6. The molecule has 2 aliphatic heterocycles. The summed E-state index contributed by atoms with van der Waals surface area (Å²) in [4.78, 5) is 27.2. The van der Waals surface area contributed by atoms with Gasteiger partial charge in [0.2, 0.25) is 11.1 Å². The Hall–Kier alpha value is -2.94. The number of amides is 1. The minimum atomic E-state index is 0.0563. The molecule has 0 spiro atoms. The number of piperidine rings is 1. The number of thioether (sulfide) groups is 1. The van der Waals surface area contributed by atoms with E-state index in [9.17, 15) is 9.59 Å². The standard InChI is InChI=1S/C23H26N6O2S/c1-15(2)17-6-8-19(9-7-17)29-23(24-25-26-29)32-14-22(31)27-11-16-10-18(13-27)20-4-3-5-21(30)28(20)12-16/h3-9,15-16,18H,10-14H2,1-2H3. The van der Waals surface area contributed by atoms with Crippen LogP contribution in [0.4, 0.5) is 0 Å². The number of nitrogens with zero attached hydrogens (tertiary/aromatic N) is 6. The highest BCUT2D eigenvalue weighted by atomic mass is 32.2. The van der Waals surface area contributed by atoms with E-state index in [0.29, 0.717) is 36.6 Å². The quantitative estimate of drug-likeness (QED) is 0.556. The molecular formula is C23H26N6O2S. The molecule has 2 bridgehead atoms. The van der Waals surface area contributed by atoms with Crippen LogP contribution in [0.15, 0.2) is 52.4 Å². The molecule has 2 aliphatic rings. The van der Waals surface area contributed by atoms with Gasteiger partial charge in [0.05, 0.1) is 11.4 Å². The number of aromatic nitrogens is 5. The van der Waals surface area contributed by atoms with Crippen LogP contribution in [-0.2, 0) is 11.3 Å². The largest absolute Gasteiger partial charge is 0.341 e. The maximum absolute atomic E-state index is 13.0. The number of tetrazole rings is 1. The number of rotatable bonds is 5. The molecule has 2 aromatic heterocycles. The van der Waals surface area contributed by atoms with E-state index in [4.69, 9.17) is 0 Å². The lowest BCUT2D eigenvalue weighted by molar-refractivity contribution is -0.131. The molecule has 9 heteroatoms. The van der Waals surface area contributed by atoms with E-state index in [1.165, 1.54) is 17.3 Å². The molecule has 1 amide bonds. The highest BCUT2D eigenvalue weighted by Crippen LogP contribution is 2.35. The zero-order valence-corrected chi connectivity index (χ0v) is 19.0. The molecule has 8 nitrogen and oxygen atoms in total. The van der Waals surface area contributed by atoms with Crippen LogP contribution in [0.3, 0.4) is 0 Å². The summed E-state index contributed by atoms with van der Waals surface area (Å²) in [6.07, 6.45) is 1.03. The summed E-state index contributed by atoms with van der Waals surface area (Å²) in [6, 6.07) is 13.6. The second-order valence-electron chi connectivity index (χ2n) is 8.91. The first-order chi connectivity index (χ1) is 15.5. The van der Waals surface area contributed by atoms with Crippen LogP contribution >= 0.6 is 11.8 Å². The molecule has 0 radical (unpaired) electrons. The van der Waals surface area contributed by atoms with E-state index >= 15 is 0 Å². The Morgan fingerprint density at radius 2 is 1.94 bits per heavy atom. The molecule has 166 valence electrons. The average molecular weight is 451 g/mol. The fourth-order valence-electron chi connectivity index (χ4n) is 4.75. The summed E-state index contributed by atoms with van der Waals surface area (Å²) >= 11 is 1.36. The molecule has 32 heavy (non-hydrogen) atoms. The topological polar surface area (TPSA) is 85.9 Å². The van der Waals surface area contributed by atoms with Crippen molar-refractivity contribution in [2.45, 2.75) is 43.8 Å². The van der Waals surface area contributed by atoms with Crippen molar-refractivity contribution in [3.8, 4) is 5.69 Å². The number of likely N-dealkylation sites (tertiary alicyclic amines) is 1. The van der Waals surface area contributed by atoms with Crippen LogP contribution in [0, 0.1) is 5.92 Å². The van der Waals surface area contributed by atoms with E-state index in [-0.39, 0.29) is 23.1 Å². The summed E-state index contributed by atoms with van der Waals surface area (Å²) in [5.41, 5.74) is 3.24. The first-order valence-corrected chi connectivity index (χ1v) is 12.0. The van der Waals surface area contributed by atoms with Gasteiger partial charge in [-0.25, -0.2) is 0 Å². The number of carbonyl (C=O) groups is 1. The third-order valence-corrected chi connectivity index (χ3v) is 7.31. The van der Waals surface area contributed by atoms with Crippen molar-refractivity contribution in [3.05, 3.63) is 64.1 Å². The Kier molecular flexibility index (Phi) is 5.58. The smallest absolute Gasteiger partial charge is 0.250 e. The lowest BCUT2D eigenvalue weighted by Gasteiger charge is -2.42. The maximum Gasteiger partial charge on any atom is 0.250 e.